The molecule has 0 bridgehead atoms. The predicted molar refractivity (Wildman–Crippen MR) is 56.9 cm³/mol. The Morgan fingerprint density at radius 2 is 2.18 bits per heavy atom. The quantitative estimate of drug-likeness (QED) is 0.828. The largest absolute Gasteiger partial charge is 0.330 e. The molecule has 1 aromatic carbocycles. The molecular weight excluding hydrogens is 272 g/mol. The Kier molecular flexibility index (Phi) is 3.62. The second-order valence-electron chi connectivity index (χ2n) is 2.25. The minimum atomic E-state index is 0.677. The fourth-order valence-electron chi connectivity index (χ4n) is 0.897. The number of rotatable bonds is 2. The van der Waals surface area contributed by atoms with E-state index in [-0.39, 0.29) is 0 Å². The van der Waals surface area contributed by atoms with E-state index < -0.39 is 0 Å². The molecule has 0 unspecified atom stereocenters. The molecule has 0 atom stereocenters. The van der Waals surface area contributed by atoms with Gasteiger partial charge in [-0.25, -0.2) is 0 Å². The first-order chi connectivity index (χ1) is 5.25. The highest BCUT2D eigenvalue weighted by Crippen LogP contribution is 2.21. The van der Waals surface area contributed by atoms with Crippen molar-refractivity contribution >= 4 is 34.2 Å². The van der Waals surface area contributed by atoms with E-state index in [9.17, 15) is 0 Å². The molecule has 0 saturated carbocycles. The Hall–Kier alpha value is 0.200. The highest BCUT2D eigenvalue weighted by molar-refractivity contribution is 14.1. The van der Waals surface area contributed by atoms with E-state index in [0.717, 1.165) is 15.0 Å². The Labute approximate surface area is 85.1 Å². The van der Waals surface area contributed by atoms with E-state index >= 15 is 0 Å². The van der Waals surface area contributed by atoms with Crippen LogP contribution in [0.4, 0.5) is 0 Å². The van der Waals surface area contributed by atoms with Gasteiger partial charge in [0.2, 0.25) is 0 Å². The summed E-state index contributed by atoms with van der Waals surface area (Å²) in [5.41, 5.74) is 6.67. The molecule has 11 heavy (non-hydrogen) atoms. The first-order valence-corrected chi connectivity index (χ1v) is 4.84. The minimum absolute atomic E-state index is 0.677. The van der Waals surface area contributed by atoms with Gasteiger partial charge in [0.25, 0.3) is 0 Å². The first kappa shape index (κ1) is 9.29. The summed E-state index contributed by atoms with van der Waals surface area (Å²) in [6.45, 7) is 0.677. The lowest BCUT2D eigenvalue weighted by molar-refractivity contribution is 0.963. The summed E-state index contributed by atoms with van der Waals surface area (Å²) in [6.07, 6.45) is 0.902. The lowest BCUT2D eigenvalue weighted by Crippen LogP contribution is -2.03. The lowest BCUT2D eigenvalue weighted by atomic mass is 10.2. The molecule has 0 aliphatic heterocycles. The molecule has 1 nitrogen and oxygen atoms in total. The second-order valence-corrected chi connectivity index (χ2v) is 3.74. The number of hydrogen-bond acceptors (Lipinski definition) is 1. The maximum atomic E-state index is 5.90. The van der Waals surface area contributed by atoms with Gasteiger partial charge in [-0.15, -0.1) is 0 Å². The van der Waals surface area contributed by atoms with Crippen molar-refractivity contribution in [2.24, 2.45) is 5.73 Å². The molecule has 1 aromatic rings. The van der Waals surface area contributed by atoms with Gasteiger partial charge < -0.3 is 5.73 Å². The third-order valence-corrected chi connectivity index (χ3v) is 3.35. The van der Waals surface area contributed by atoms with E-state index in [4.69, 9.17) is 17.3 Å². The van der Waals surface area contributed by atoms with Crippen molar-refractivity contribution in [1.29, 1.82) is 0 Å². The Morgan fingerprint density at radius 1 is 1.45 bits per heavy atom. The van der Waals surface area contributed by atoms with E-state index in [2.05, 4.69) is 28.7 Å². The smallest absolute Gasteiger partial charge is 0.0542 e. The van der Waals surface area contributed by atoms with Crippen LogP contribution >= 0.6 is 34.2 Å². The molecule has 0 aromatic heterocycles. The Bertz CT molecular complexity index is 250. The van der Waals surface area contributed by atoms with Gasteiger partial charge >= 0.3 is 0 Å². The molecule has 0 spiro atoms. The van der Waals surface area contributed by atoms with Crippen LogP contribution in [0, 0.1) is 3.57 Å². The van der Waals surface area contributed by atoms with Crippen molar-refractivity contribution in [2.75, 3.05) is 6.54 Å². The number of benzene rings is 1. The van der Waals surface area contributed by atoms with Gasteiger partial charge in [-0.2, -0.15) is 0 Å². The van der Waals surface area contributed by atoms with Gasteiger partial charge in [-0.05, 0) is 47.2 Å². The molecule has 0 saturated heterocycles. The van der Waals surface area contributed by atoms with Crippen molar-refractivity contribution in [3.05, 3.63) is 32.4 Å². The number of nitrogens with two attached hydrogens (primary N) is 1. The molecule has 0 amide bonds. The maximum absolute atomic E-state index is 5.90. The zero-order valence-corrected chi connectivity index (χ0v) is 8.89. The van der Waals surface area contributed by atoms with E-state index in [1.54, 1.807) is 0 Å². The summed E-state index contributed by atoms with van der Waals surface area (Å²) < 4.78 is 1.12. The topological polar surface area (TPSA) is 26.0 Å². The normalized spacial score (nSPS) is 10.1. The Balaban J connectivity index is 2.96. The molecule has 2 N–H and O–H groups in total. The van der Waals surface area contributed by atoms with Gasteiger partial charge in [0.1, 0.15) is 0 Å². The average Bonchev–Trinajstić information content (AvgIpc) is 1.99. The summed E-state index contributed by atoms with van der Waals surface area (Å²) >= 11 is 8.14. The van der Waals surface area contributed by atoms with Crippen molar-refractivity contribution in [3.8, 4) is 0 Å². The molecule has 3 heteroatoms. The van der Waals surface area contributed by atoms with Crippen LogP contribution in [0.2, 0.25) is 5.02 Å². The van der Waals surface area contributed by atoms with Gasteiger partial charge in [0.15, 0.2) is 0 Å². The van der Waals surface area contributed by atoms with Gasteiger partial charge in [-0.1, -0.05) is 23.7 Å². The van der Waals surface area contributed by atoms with Crippen LogP contribution in [-0.4, -0.2) is 6.54 Å². The second kappa shape index (κ2) is 4.28. The average molecular weight is 282 g/mol. The van der Waals surface area contributed by atoms with Crippen molar-refractivity contribution in [1.82, 2.24) is 0 Å². The van der Waals surface area contributed by atoms with Crippen molar-refractivity contribution in [2.45, 2.75) is 6.42 Å². The fraction of sp³-hybridized carbons (Fsp3) is 0.250. The summed E-state index contributed by atoms with van der Waals surface area (Å²) in [5.74, 6) is 0. The van der Waals surface area contributed by atoms with Crippen LogP contribution in [0.3, 0.4) is 0 Å². The summed E-state index contributed by atoms with van der Waals surface area (Å²) in [4.78, 5) is 0. The van der Waals surface area contributed by atoms with E-state index in [1.165, 1.54) is 5.56 Å². The molecule has 0 fully saturated rings. The molecule has 0 aliphatic rings. The molecule has 1 rings (SSSR count). The van der Waals surface area contributed by atoms with Gasteiger partial charge in [-0.3, -0.25) is 0 Å². The van der Waals surface area contributed by atoms with Crippen LogP contribution in [-0.2, 0) is 6.42 Å². The highest BCUT2D eigenvalue weighted by Gasteiger charge is 2.01. The third-order valence-electron chi connectivity index (χ3n) is 1.45. The van der Waals surface area contributed by atoms with Crippen LogP contribution in [0.1, 0.15) is 5.56 Å². The van der Waals surface area contributed by atoms with Crippen molar-refractivity contribution < 1.29 is 0 Å². The summed E-state index contributed by atoms with van der Waals surface area (Å²) in [6, 6.07) is 5.90. The predicted octanol–water partition coefficient (Wildman–Crippen LogP) is 2.45. The fourth-order valence-corrected chi connectivity index (χ4v) is 1.72. The van der Waals surface area contributed by atoms with Crippen LogP contribution in [0.5, 0.6) is 0 Å². The number of halogens is 2. The van der Waals surface area contributed by atoms with E-state index in [1.807, 2.05) is 12.1 Å². The monoisotopic (exact) mass is 281 g/mol. The van der Waals surface area contributed by atoms with Crippen LogP contribution < -0.4 is 5.73 Å². The third kappa shape index (κ3) is 2.32. The molecule has 60 valence electrons. The van der Waals surface area contributed by atoms with Crippen LogP contribution in [0.25, 0.3) is 0 Å². The SMILES string of the molecule is NCCc1cccc(Cl)c1I. The number of hydrogen-bond donors (Lipinski definition) is 1. The summed E-state index contributed by atoms with van der Waals surface area (Å²) in [7, 11) is 0. The Morgan fingerprint density at radius 3 is 2.82 bits per heavy atom. The minimum Gasteiger partial charge on any atom is -0.330 e. The molecule has 0 radical (unpaired) electrons. The molecule has 0 aliphatic carbocycles. The van der Waals surface area contributed by atoms with E-state index in [0.29, 0.717) is 6.54 Å². The maximum Gasteiger partial charge on any atom is 0.0542 e. The first-order valence-electron chi connectivity index (χ1n) is 3.38. The molecule has 0 heterocycles. The zero-order valence-electron chi connectivity index (χ0n) is 5.98. The lowest BCUT2D eigenvalue weighted by Gasteiger charge is -2.02. The highest BCUT2D eigenvalue weighted by atomic mass is 127. The molecular formula is C8H9ClIN. The van der Waals surface area contributed by atoms with Crippen molar-refractivity contribution in [3.63, 3.8) is 0 Å². The van der Waals surface area contributed by atoms with Gasteiger partial charge in [0.05, 0.1) is 5.02 Å². The van der Waals surface area contributed by atoms with Crippen LogP contribution in [0.15, 0.2) is 18.2 Å². The summed E-state index contributed by atoms with van der Waals surface area (Å²) in [5, 5.41) is 0.816. The zero-order chi connectivity index (χ0) is 8.27. The standard InChI is InChI=1S/C8H9ClIN/c9-7-3-1-2-6(4-5-11)8(7)10/h1-3H,4-5,11H2. The van der Waals surface area contributed by atoms with Gasteiger partial charge in [0, 0.05) is 3.57 Å².